The molecule has 1 aliphatic heterocycles. The number of nitrogens with one attached hydrogen (secondary N) is 1. The van der Waals surface area contributed by atoms with Gasteiger partial charge < -0.3 is 20.1 Å². The molecule has 0 aliphatic carbocycles. The summed E-state index contributed by atoms with van der Waals surface area (Å²) < 4.78 is 5.45. The quantitative estimate of drug-likeness (QED) is 0.396. The van der Waals surface area contributed by atoms with Crippen LogP contribution in [0.25, 0.3) is 0 Å². The normalized spacial score (nSPS) is 18.2. The van der Waals surface area contributed by atoms with Gasteiger partial charge in [-0.3, -0.25) is 0 Å². The Morgan fingerprint density at radius 2 is 1.96 bits per heavy atom. The lowest BCUT2D eigenvalue weighted by Gasteiger charge is -2.62. The number of nitrogens with zero attached hydrogens (tertiary/aromatic N) is 2. The number of guanidine groups is 1. The third-order valence-corrected chi connectivity index (χ3v) is 5.21. The zero-order valence-electron chi connectivity index (χ0n) is 16.2. The lowest BCUT2D eigenvalue weighted by molar-refractivity contribution is -0.0667. The van der Waals surface area contributed by atoms with E-state index in [0.29, 0.717) is 18.9 Å². The predicted octanol–water partition coefficient (Wildman–Crippen LogP) is 3.99. The van der Waals surface area contributed by atoms with E-state index in [0.717, 1.165) is 24.6 Å². The molecule has 1 aromatic carbocycles. The number of hydrogen-bond acceptors (Lipinski definition) is 3. The highest BCUT2D eigenvalue weighted by Gasteiger charge is 2.53. The second-order valence-corrected chi connectivity index (χ2v) is 7.43. The van der Waals surface area contributed by atoms with Gasteiger partial charge >= 0.3 is 0 Å². The van der Waals surface area contributed by atoms with E-state index in [2.05, 4.69) is 44.8 Å². The maximum Gasteiger partial charge on any atom is 0.194 e. The minimum atomic E-state index is 0. The molecule has 0 amide bonds. The molecule has 0 atom stereocenters. The van der Waals surface area contributed by atoms with Crippen LogP contribution in [0, 0.1) is 5.41 Å². The summed E-state index contributed by atoms with van der Waals surface area (Å²) in [5.41, 5.74) is 1.35. The summed E-state index contributed by atoms with van der Waals surface area (Å²) in [6.07, 6.45) is 0. The summed E-state index contributed by atoms with van der Waals surface area (Å²) in [5, 5.41) is 13.2. The summed E-state index contributed by atoms with van der Waals surface area (Å²) in [6, 6.07) is 5.41. The number of rotatable bonds is 5. The molecule has 0 saturated carbocycles. The predicted molar refractivity (Wildman–Crippen MR) is 114 cm³/mol. The van der Waals surface area contributed by atoms with Crippen molar-refractivity contribution >= 4 is 29.9 Å². The van der Waals surface area contributed by atoms with Gasteiger partial charge in [-0.05, 0) is 45.4 Å². The molecule has 0 aromatic heterocycles. The molecule has 2 rings (SSSR count). The number of aliphatic imine (C=N–C) groups is 1. The standard InChI is InChI=1S/C19H31N3O2.HI/c1-7-20-17(22-13-18(3,4)19(22,5)6)21-12-14-9-10-15(23)16(11-14)24-8-2;/h9-11,23H,7-8,12-13H2,1-6H3,(H,20,21);1H. The van der Waals surface area contributed by atoms with Gasteiger partial charge in [0, 0.05) is 24.0 Å². The lowest BCUT2D eigenvalue weighted by atomic mass is 9.65. The van der Waals surface area contributed by atoms with Gasteiger partial charge in [0.1, 0.15) is 0 Å². The highest BCUT2D eigenvalue weighted by molar-refractivity contribution is 14.0. The number of ether oxygens (including phenoxy) is 1. The third-order valence-electron chi connectivity index (χ3n) is 5.21. The Morgan fingerprint density at radius 3 is 2.48 bits per heavy atom. The largest absolute Gasteiger partial charge is 0.504 e. The molecule has 0 spiro atoms. The van der Waals surface area contributed by atoms with E-state index >= 15 is 0 Å². The molecule has 1 saturated heterocycles. The minimum Gasteiger partial charge on any atom is -0.504 e. The molecule has 0 bridgehead atoms. The molecule has 25 heavy (non-hydrogen) atoms. The average Bonchev–Trinajstić information content (AvgIpc) is 2.52. The fourth-order valence-electron chi connectivity index (χ4n) is 2.89. The van der Waals surface area contributed by atoms with Gasteiger partial charge in [0.15, 0.2) is 17.5 Å². The Labute approximate surface area is 168 Å². The zero-order valence-corrected chi connectivity index (χ0v) is 18.5. The van der Waals surface area contributed by atoms with Crippen molar-refractivity contribution in [2.45, 2.75) is 53.6 Å². The Hall–Kier alpha value is -1.18. The molecule has 1 fully saturated rings. The van der Waals surface area contributed by atoms with Gasteiger partial charge in [-0.2, -0.15) is 0 Å². The Morgan fingerprint density at radius 1 is 1.28 bits per heavy atom. The van der Waals surface area contributed by atoms with Crippen LogP contribution in [-0.2, 0) is 6.54 Å². The van der Waals surface area contributed by atoms with Crippen LogP contribution < -0.4 is 10.1 Å². The van der Waals surface area contributed by atoms with Crippen LogP contribution in [0.4, 0.5) is 0 Å². The van der Waals surface area contributed by atoms with E-state index in [1.807, 2.05) is 19.1 Å². The molecule has 2 N–H and O–H groups in total. The van der Waals surface area contributed by atoms with E-state index in [-0.39, 0.29) is 40.7 Å². The number of phenolic OH excluding ortho intramolecular Hbond substituents is 1. The van der Waals surface area contributed by atoms with Gasteiger partial charge in [0.05, 0.1) is 13.2 Å². The molecular formula is C19H32IN3O2. The van der Waals surface area contributed by atoms with Gasteiger partial charge in [-0.1, -0.05) is 19.9 Å². The first kappa shape index (κ1) is 21.9. The highest BCUT2D eigenvalue weighted by Crippen LogP contribution is 2.46. The number of likely N-dealkylation sites (tertiary alicyclic amines) is 1. The smallest absolute Gasteiger partial charge is 0.194 e. The summed E-state index contributed by atoms with van der Waals surface area (Å²) in [7, 11) is 0. The number of halogens is 1. The first-order chi connectivity index (χ1) is 11.2. The summed E-state index contributed by atoms with van der Waals surface area (Å²) >= 11 is 0. The van der Waals surface area contributed by atoms with Gasteiger partial charge in [0.25, 0.3) is 0 Å². The van der Waals surface area contributed by atoms with Crippen molar-refractivity contribution in [3.63, 3.8) is 0 Å². The van der Waals surface area contributed by atoms with Gasteiger partial charge in [-0.15, -0.1) is 24.0 Å². The van der Waals surface area contributed by atoms with Gasteiger partial charge in [0.2, 0.25) is 0 Å². The van der Waals surface area contributed by atoms with Crippen LogP contribution >= 0.6 is 24.0 Å². The Balaban J connectivity index is 0.00000312. The maximum absolute atomic E-state index is 9.81. The van der Waals surface area contributed by atoms with Gasteiger partial charge in [-0.25, -0.2) is 4.99 Å². The molecule has 142 valence electrons. The highest BCUT2D eigenvalue weighted by atomic mass is 127. The second-order valence-electron chi connectivity index (χ2n) is 7.43. The molecule has 0 radical (unpaired) electrons. The topological polar surface area (TPSA) is 57.1 Å². The molecule has 6 heteroatoms. The van der Waals surface area contributed by atoms with Crippen molar-refractivity contribution in [1.29, 1.82) is 0 Å². The van der Waals surface area contributed by atoms with Crippen LogP contribution in [0.1, 0.15) is 47.1 Å². The van der Waals surface area contributed by atoms with Crippen molar-refractivity contribution in [3.8, 4) is 11.5 Å². The van der Waals surface area contributed by atoms with E-state index < -0.39 is 0 Å². The van der Waals surface area contributed by atoms with E-state index in [4.69, 9.17) is 9.73 Å². The van der Waals surface area contributed by atoms with Crippen LogP contribution in [0.3, 0.4) is 0 Å². The van der Waals surface area contributed by atoms with Crippen LogP contribution in [0.15, 0.2) is 23.2 Å². The average molecular weight is 461 g/mol. The summed E-state index contributed by atoms with van der Waals surface area (Å²) in [4.78, 5) is 7.13. The van der Waals surface area contributed by atoms with Crippen LogP contribution in [-0.4, -0.2) is 41.2 Å². The van der Waals surface area contributed by atoms with Crippen LogP contribution in [0.2, 0.25) is 0 Å². The monoisotopic (exact) mass is 461 g/mol. The van der Waals surface area contributed by atoms with Crippen molar-refractivity contribution in [1.82, 2.24) is 10.2 Å². The molecule has 1 aliphatic rings. The Bertz CT molecular complexity index is 615. The zero-order chi connectivity index (χ0) is 18.0. The van der Waals surface area contributed by atoms with Crippen molar-refractivity contribution < 1.29 is 9.84 Å². The summed E-state index contributed by atoms with van der Waals surface area (Å²) in [6.45, 7) is 16.0. The fraction of sp³-hybridized carbons (Fsp3) is 0.632. The first-order valence-electron chi connectivity index (χ1n) is 8.73. The SMILES string of the molecule is CCNC(=NCc1ccc(O)c(OCC)c1)N1CC(C)(C)C1(C)C.I. The summed E-state index contributed by atoms with van der Waals surface area (Å²) in [5.74, 6) is 1.62. The lowest BCUT2D eigenvalue weighted by Crippen LogP contribution is -2.72. The molecule has 1 aromatic rings. The van der Waals surface area contributed by atoms with Crippen molar-refractivity contribution in [2.24, 2.45) is 10.4 Å². The van der Waals surface area contributed by atoms with Crippen LogP contribution in [0.5, 0.6) is 11.5 Å². The minimum absolute atomic E-state index is 0. The van der Waals surface area contributed by atoms with E-state index in [1.54, 1.807) is 6.07 Å². The second kappa shape index (κ2) is 8.47. The molecule has 1 heterocycles. The number of benzene rings is 1. The molecule has 5 nitrogen and oxygen atoms in total. The third kappa shape index (κ3) is 4.51. The van der Waals surface area contributed by atoms with E-state index in [1.165, 1.54) is 0 Å². The first-order valence-corrected chi connectivity index (χ1v) is 8.73. The van der Waals surface area contributed by atoms with Crippen molar-refractivity contribution in [2.75, 3.05) is 19.7 Å². The number of hydrogen-bond donors (Lipinski definition) is 2. The fourth-order valence-corrected chi connectivity index (χ4v) is 2.89. The van der Waals surface area contributed by atoms with E-state index in [9.17, 15) is 5.11 Å². The maximum atomic E-state index is 9.81. The number of aromatic hydroxyl groups is 1. The number of phenols is 1. The van der Waals surface area contributed by atoms with Crippen molar-refractivity contribution in [3.05, 3.63) is 23.8 Å². The Kier molecular flexibility index (Phi) is 7.40. The molecule has 0 unspecified atom stereocenters. The molecular weight excluding hydrogens is 429 g/mol.